The van der Waals surface area contributed by atoms with Crippen LogP contribution in [0.5, 0.6) is 0 Å². The molecule has 1 amide bonds. The average molecular weight is 252 g/mol. The fourth-order valence-corrected chi connectivity index (χ4v) is 2.14. The molecular formula is C12H20N4O2. The van der Waals surface area contributed by atoms with Crippen molar-refractivity contribution in [2.24, 2.45) is 7.05 Å². The molecule has 1 saturated heterocycles. The number of hydrogen-bond acceptors (Lipinski definition) is 4. The van der Waals surface area contributed by atoms with Gasteiger partial charge in [-0.1, -0.05) is 0 Å². The van der Waals surface area contributed by atoms with Crippen LogP contribution in [0.3, 0.4) is 0 Å². The van der Waals surface area contributed by atoms with Crippen LogP contribution >= 0.6 is 0 Å². The highest BCUT2D eigenvalue weighted by atomic mass is 16.5. The van der Waals surface area contributed by atoms with Crippen molar-refractivity contribution in [2.45, 2.75) is 25.0 Å². The number of amides is 1. The maximum absolute atomic E-state index is 11.9. The van der Waals surface area contributed by atoms with Gasteiger partial charge in [-0.05, 0) is 18.4 Å². The van der Waals surface area contributed by atoms with Gasteiger partial charge in [-0.3, -0.25) is 9.48 Å². The van der Waals surface area contributed by atoms with Crippen LogP contribution in [0.2, 0.25) is 0 Å². The standard InChI is InChI=1S/C12H20N4O2/c1-16-8-9(6-15-16)3-4-13-12(17)11-5-10(18-2)7-14-11/h6,8,10-11,14H,3-5,7H2,1-2H3,(H,13,17). The smallest absolute Gasteiger partial charge is 0.237 e. The zero-order valence-corrected chi connectivity index (χ0v) is 10.8. The summed E-state index contributed by atoms with van der Waals surface area (Å²) in [6.07, 6.45) is 5.48. The first kappa shape index (κ1) is 13.0. The summed E-state index contributed by atoms with van der Waals surface area (Å²) in [7, 11) is 3.56. The van der Waals surface area contributed by atoms with Crippen molar-refractivity contribution in [2.75, 3.05) is 20.2 Å². The molecule has 1 aromatic rings. The van der Waals surface area contributed by atoms with E-state index < -0.39 is 0 Å². The van der Waals surface area contributed by atoms with E-state index in [0.29, 0.717) is 6.54 Å². The van der Waals surface area contributed by atoms with Crippen molar-refractivity contribution in [1.29, 1.82) is 0 Å². The molecule has 2 unspecified atom stereocenters. The molecule has 1 fully saturated rings. The zero-order valence-electron chi connectivity index (χ0n) is 10.8. The number of aryl methyl sites for hydroxylation is 1. The van der Waals surface area contributed by atoms with Crippen LogP contribution in [0.15, 0.2) is 12.4 Å². The van der Waals surface area contributed by atoms with E-state index >= 15 is 0 Å². The SMILES string of the molecule is COC1CNC(C(=O)NCCc2cnn(C)c2)C1. The molecule has 0 bridgehead atoms. The average Bonchev–Trinajstić information content (AvgIpc) is 2.98. The van der Waals surface area contributed by atoms with Crippen molar-refractivity contribution in [1.82, 2.24) is 20.4 Å². The monoisotopic (exact) mass is 252 g/mol. The minimum Gasteiger partial charge on any atom is -0.380 e. The third-order valence-corrected chi connectivity index (χ3v) is 3.21. The van der Waals surface area contributed by atoms with Gasteiger partial charge in [0, 0.05) is 33.4 Å². The number of hydrogen-bond donors (Lipinski definition) is 2. The van der Waals surface area contributed by atoms with Gasteiger partial charge in [0.2, 0.25) is 5.91 Å². The van der Waals surface area contributed by atoms with Crippen molar-refractivity contribution in [3.8, 4) is 0 Å². The summed E-state index contributed by atoms with van der Waals surface area (Å²) in [5.41, 5.74) is 1.13. The molecular weight excluding hydrogens is 232 g/mol. The van der Waals surface area contributed by atoms with Crippen LogP contribution in [0.4, 0.5) is 0 Å². The summed E-state index contributed by atoms with van der Waals surface area (Å²) in [5, 5.41) is 10.2. The molecule has 0 saturated carbocycles. The van der Waals surface area contributed by atoms with E-state index in [1.54, 1.807) is 11.8 Å². The van der Waals surface area contributed by atoms with Crippen LogP contribution in [-0.4, -0.2) is 48.0 Å². The lowest BCUT2D eigenvalue weighted by molar-refractivity contribution is -0.122. The number of aromatic nitrogens is 2. The number of carbonyl (C=O) groups is 1. The Morgan fingerprint density at radius 3 is 3.17 bits per heavy atom. The van der Waals surface area contributed by atoms with E-state index in [-0.39, 0.29) is 18.1 Å². The Morgan fingerprint density at radius 1 is 1.72 bits per heavy atom. The van der Waals surface area contributed by atoms with Gasteiger partial charge in [-0.15, -0.1) is 0 Å². The van der Waals surface area contributed by atoms with Crippen LogP contribution in [0, 0.1) is 0 Å². The number of methoxy groups -OCH3 is 1. The molecule has 1 aliphatic heterocycles. The molecule has 1 aromatic heterocycles. The Kier molecular flexibility index (Phi) is 4.33. The number of ether oxygens (including phenoxy) is 1. The normalized spacial score (nSPS) is 23.2. The molecule has 1 aliphatic rings. The summed E-state index contributed by atoms with van der Waals surface area (Å²) in [5.74, 6) is 0.0541. The molecule has 0 radical (unpaired) electrons. The van der Waals surface area contributed by atoms with Crippen molar-refractivity contribution in [3.63, 3.8) is 0 Å². The lowest BCUT2D eigenvalue weighted by Gasteiger charge is -2.10. The van der Waals surface area contributed by atoms with E-state index in [4.69, 9.17) is 4.74 Å². The van der Waals surface area contributed by atoms with Gasteiger partial charge in [0.25, 0.3) is 0 Å². The van der Waals surface area contributed by atoms with Gasteiger partial charge in [-0.2, -0.15) is 5.10 Å². The summed E-state index contributed by atoms with van der Waals surface area (Å²) in [6, 6.07) is -0.121. The number of nitrogens with zero attached hydrogens (tertiary/aromatic N) is 2. The molecule has 0 aliphatic carbocycles. The van der Waals surface area contributed by atoms with E-state index in [0.717, 1.165) is 24.9 Å². The molecule has 0 aromatic carbocycles. The Bertz CT molecular complexity index is 405. The number of rotatable bonds is 5. The topological polar surface area (TPSA) is 68.2 Å². The van der Waals surface area contributed by atoms with E-state index in [1.165, 1.54) is 0 Å². The fourth-order valence-electron chi connectivity index (χ4n) is 2.14. The largest absolute Gasteiger partial charge is 0.380 e. The molecule has 2 N–H and O–H groups in total. The Hall–Kier alpha value is -1.40. The van der Waals surface area contributed by atoms with Gasteiger partial charge >= 0.3 is 0 Å². The predicted octanol–water partition coefficient (Wildman–Crippen LogP) is -0.544. The van der Waals surface area contributed by atoms with Crippen molar-refractivity contribution >= 4 is 5.91 Å². The quantitative estimate of drug-likeness (QED) is 0.738. The first-order valence-corrected chi connectivity index (χ1v) is 6.20. The molecule has 2 atom stereocenters. The highest BCUT2D eigenvalue weighted by Crippen LogP contribution is 2.09. The second kappa shape index (κ2) is 5.97. The Balaban J connectivity index is 1.69. The second-order valence-corrected chi connectivity index (χ2v) is 4.62. The zero-order chi connectivity index (χ0) is 13.0. The molecule has 0 spiro atoms. The summed E-state index contributed by atoms with van der Waals surface area (Å²) in [4.78, 5) is 11.9. The van der Waals surface area contributed by atoms with E-state index in [9.17, 15) is 4.79 Å². The van der Waals surface area contributed by atoms with Gasteiger partial charge in [0.1, 0.15) is 0 Å². The van der Waals surface area contributed by atoms with Crippen molar-refractivity contribution < 1.29 is 9.53 Å². The Morgan fingerprint density at radius 2 is 2.56 bits per heavy atom. The third kappa shape index (κ3) is 3.30. The number of carbonyl (C=O) groups excluding carboxylic acids is 1. The summed E-state index contributed by atoms with van der Waals surface area (Å²) < 4.78 is 6.98. The summed E-state index contributed by atoms with van der Waals surface area (Å²) in [6.45, 7) is 1.39. The van der Waals surface area contributed by atoms with Gasteiger partial charge in [-0.25, -0.2) is 0 Å². The lowest BCUT2D eigenvalue weighted by atomic mass is 10.2. The maximum atomic E-state index is 11.9. The highest BCUT2D eigenvalue weighted by molar-refractivity contribution is 5.82. The van der Waals surface area contributed by atoms with E-state index in [1.807, 2.05) is 19.4 Å². The number of nitrogens with one attached hydrogen (secondary N) is 2. The van der Waals surface area contributed by atoms with E-state index in [2.05, 4.69) is 15.7 Å². The van der Waals surface area contributed by atoms with Crippen molar-refractivity contribution in [3.05, 3.63) is 18.0 Å². The van der Waals surface area contributed by atoms with Crippen LogP contribution in [0.1, 0.15) is 12.0 Å². The second-order valence-electron chi connectivity index (χ2n) is 4.62. The fraction of sp³-hybridized carbons (Fsp3) is 0.667. The first-order chi connectivity index (χ1) is 8.69. The molecule has 6 heteroatoms. The maximum Gasteiger partial charge on any atom is 0.237 e. The highest BCUT2D eigenvalue weighted by Gasteiger charge is 2.28. The molecule has 18 heavy (non-hydrogen) atoms. The molecule has 6 nitrogen and oxygen atoms in total. The lowest BCUT2D eigenvalue weighted by Crippen LogP contribution is -2.41. The minimum atomic E-state index is -0.121. The van der Waals surface area contributed by atoms with Gasteiger partial charge < -0.3 is 15.4 Å². The minimum absolute atomic E-state index is 0.0541. The molecule has 2 heterocycles. The van der Waals surface area contributed by atoms with Gasteiger partial charge in [0.05, 0.1) is 18.3 Å². The van der Waals surface area contributed by atoms with Crippen LogP contribution < -0.4 is 10.6 Å². The predicted molar refractivity (Wildman–Crippen MR) is 67.1 cm³/mol. The first-order valence-electron chi connectivity index (χ1n) is 6.20. The van der Waals surface area contributed by atoms with Gasteiger partial charge in [0.15, 0.2) is 0 Å². The van der Waals surface area contributed by atoms with Crippen LogP contribution in [-0.2, 0) is 23.0 Å². The summed E-state index contributed by atoms with van der Waals surface area (Å²) >= 11 is 0. The third-order valence-electron chi connectivity index (χ3n) is 3.21. The molecule has 2 rings (SSSR count). The Labute approximate surface area is 107 Å². The van der Waals surface area contributed by atoms with Crippen LogP contribution in [0.25, 0.3) is 0 Å². The molecule has 100 valence electrons.